The zero-order chi connectivity index (χ0) is 20.3. The van der Waals surface area contributed by atoms with Crippen molar-refractivity contribution in [3.8, 4) is 24.0 Å². The molecule has 0 saturated carbocycles. The number of ether oxygens (including phenoxy) is 2. The highest BCUT2D eigenvalue weighted by molar-refractivity contribution is 5.47. The summed E-state index contributed by atoms with van der Waals surface area (Å²) in [5.74, 6) is -0.422. The van der Waals surface area contributed by atoms with Crippen LogP contribution in [0.15, 0.2) is 48.5 Å². The Bertz CT molecular complexity index is 799. The van der Waals surface area contributed by atoms with Crippen molar-refractivity contribution in [3.05, 3.63) is 59.7 Å². The fourth-order valence-corrected chi connectivity index (χ4v) is 2.63. The molecule has 0 spiro atoms. The molecule has 0 atom stereocenters. The van der Waals surface area contributed by atoms with Crippen molar-refractivity contribution < 1.29 is 35.8 Å². The second-order valence-electron chi connectivity index (χ2n) is 5.18. The van der Waals surface area contributed by atoms with Crippen LogP contribution in [0.3, 0.4) is 0 Å². The summed E-state index contributed by atoms with van der Waals surface area (Å²) in [5.41, 5.74) is -6.56. The predicted molar refractivity (Wildman–Crippen MR) is 78.3 cm³/mol. The minimum Gasteiger partial charge on any atom is -0.388 e. The quantitative estimate of drug-likeness (QED) is 0.558. The molecule has 0 aliphatic carbocycles. The second kappa shape index (κ2) is 7.08. The lowest BCUT2D eigenvalue weighted by Gasteiger charge is -2.38. The number of alkyl halides is 6. The average Bonchev–Trinajstić information content (AvgIpc) is 2.56. The van der Waals surface area contributed by atoms with Crippen molar-refractivity contribution in [2.24, 2.45) is 0 Å². The molecule has 0 N–H and O–H groups in total. The Balaban J connectivity index is 2.75. The molecule has 2 aromatic carbocycles. The van der Waals surface area contributed by atoms with Gasteiger partial charge in [0.25, 0.3) is 12.5 Å². The summed E-state index contributed by atoms with van der Waals surface area (Å²) in [5, 5.41) is 16.8. The summed E-state index contributed by atoms with van der Waals surface area (Å²) in [6.45, 7) is 0. The molecule has 0 aliphatic heterocycles. The van der Waals surface area contributed by atoms with Crippen molar-refractivity contribution in [1.29, 1.82) is 10.5 Å². The summed E-state index contributed by atoms with van der Waals surface area (Å²) in [6, 6.07) is 5.69. The van der Waals surface area contributed by atoms with E-state index in [2.05, 4.69) is 9.47 Å². The van der Waals surface area contributed by atoms with E-state index in [0.717, 1.165) is 24.3 Å². The first kappa shape index (κ1) is 19.9. The molecular formula is C17H8F6N2O2. The Labute approximate surface area is 148 Å². The third kappa shape index (κ3) is 3.47. The van der Waals surface area contributed by atoms with E-state index < -0.39 is 28.9 Å². The maximum absolute atomic E-state index is 13.9. The van der Waals surface area contributed by atoms with Crippen molar-refractivity contribution in [1.82, 2.24) is 0 Å². The zero-order valence-electron chi connectivity index (χ0n) is 13.1. The highest BCUT2D eigenvalue weighted by Gasteiger charge is 2.72. The molecule has 140 valence electrons. The molecular weight excluding hydrogens is 378 g/mol. The van der Waals surface area contributed by atoms with Crippen molar-refractivity contribution in [2.75, 3.05) is 0 Å². The van der Waals surface area contributed by atoms with Gasteiger partial charge in [0.2, 0.25) is 5.41 Å². The van der Waals surface area contributed by atoms with E-state index in [4.69, 9.17) is 10.5 Å². The maximum Gasteiger partial charge on any atom is 0.411 e. The smallest absolute Gasteiger partial charge is 0.388 e. The van der Waals surface area contributed by atoms with E-state index >= 15 is 0 Å². The van der Waals surface area contributed by atoms with Crippen LogP contribution in [0.4, 0.5) is 26.3 Å². The van der Waals surface area contributed by atoms with Gasteiger partial charge in [-0.2, -0.15) is 26.3 Å². The number of rotatable bonds is 4. The fraction of sp³-hybridized carbons (Fsp3) is 0.176. The fourth-order valence-electron chi connectivity index (χ4n) is 2.63. The van der Waals surface area contributed by atoms with E-state index in [0.29, 0.717) is 24.3 Å². The Morgan fingerprint density at radius 3 is 1.11 bits per heavy atom. The monoisotopic (exact) mass is 386 g/mol. The maximum atomic E-state index is 13.9. The van der Waals surface area contributed by atoms with Gasteiger partial charge in [-0.25, -0.2) is 0 Å². The summed E-state index contributed by atoms with van der Waals surface area (Å²) < 4.78 is 91.9. The lowest BCUT2D eigenvalue weighted by atomic mass is 9.73. The number of nitrogens with zero attached hydrogens (tertiary/aromatic N) is 2. The van der Waals surface area contributed by atoms with Crippen LogP contribution in [0.1, 0.15) is 11.1 Å². The normalized spacial score (nSPS) is 12.0. The van der Waals surface area contributed by atoms with Gasteiger partial charge in [0.1, 0.15) is 11.5 Å². The van der Waals surface area contributed by atoms with Crippen molar-refractivity contribution >= 4 is 0 Å². The van der Waals surface area contributed by atoms with E-state index in [-0.39, 0.29) is 11.5 Å². The summed E-state index contributed by atoms with van der Waals surface area (Å²) in [4.78, 5) is 0. The molecule has 0 saturated heterocycles. The van der Waals surface area contributed by atoms with Crippen LogP contribution in [0.2, 0.25) is 0 Å². The lowest BCUT2D eigenvalue weighted by molar-refractivity contribution is -0.288. The zero-order valence-corrected chi connectivity index (χ0v) is 13.1. The molecule has 0 bridgehead atoms. The largest absolute Gasteiger partial charge is 0.411 e. The van der Waals surface area contributed by atoms with Gasteiger partial charge in [-0.3, -0.25) is 0 Å². The van der Waals surface area contributed by atoms with Gasteiger partial charge in [0, 0.05) is 0 Å². The van der Waals surface area contributed by atoms with Crippen LogP contribution in [0.5, 0.6) is 11.5 Å². The second-order valence-corrected chi connectivity index (χ2v) is 5.18. The van der Waals surface area contributed by atoms with Gasteiger partial charge in [-0.05, 0) is 35.4 Å². The summed E-state index contributed by atoms with van der Waals surface area (Å²) in [7, 11) is 0. The van der Waals surface area contributed by atoms with Crippen LogP contribution in [0.25, 0.3) is 0 Å². The standard InChI is InChI=1S/C17H8F6N2O2/c18-16(19,20)15(17(21,22)23,11-1-5-13(6-2-11)26-9-24)12-3-7-14(8-4-12)27-10-25/h1-8H. The molecule has 2 aromatic rings. The van der Waals surface area contributed by atoms with Gasteiger partial charge >= 0.3 is 12.4 Å². The number of hydrogen-bond donors (Lipinski definition) is 0. The van der Waals surface area contributed by atoms with E-state index in [9.17, 15) is 26.3 Å². The van der Waals surface area contributed by atoms with E-state index in [1.165, 1.54) is 12.5 Å². The van der Waals surface area contributed by atoms with Crippen LogP contribution >= 0.6 is 0 Å². The minimum absolute atomic E-state index is 0.211. The van der Waals surface area contributed by atoms with Gasteiger partial charge in [-0.1, -0.05) is 24.3 Å². The van der Waals surface area contributed by atoms with Gasteiger partial charge in [0.05, 0.1) is 0 Å². The van der Waals surface area contributed by atoms with Crippen molar-refractivity contribution in [2.45, 2.75) is 17.8 Å². The number of benzene rings is 2. The molecule has 0 fully saturated rings. The average molecular weight is 386 g/mol. The van der Waals surface area contributed by atoms with Gasteiger partial charge < -0.3 is 9.47 Å². The third-order valence-corrected chi connectivity index (χ3v) is 3.75. The molecule has 10 heteroatoms. The number of nitriles is 2. The summed E-state index contributed by atoms with van der Waals surface area (Å²) in [6.07, 6.45) is -8.96. The highest BCUT2D eigenvalue weighted by Crippen LogP contribution is 2.56. The SMILES string of the molecule is N#COc1ccc(C(c2ccc(OC#N)cc2)(C(F)(F)F)C(F)(F)F)cc1. The number of hydrogen-bond acceptors (Lipinski definition) is 4. The van der Waals surface area contributed by atoms with Crippen LogP contribution in [-0.4, -0.2) is 12.4 Å². The Morgan fingerprint density at radius 2 is 0.889 bits per heavy atom. The first-order valence-electron chi connectivity index (χ1n) is 7.04. The molecule has 0 amide bonds. The molecule has 0 aliphatic rings. The van der Waals surface area contributed by atoms with Gasteiger partial charge in [0.15, 0.2) is 0 Å². The molecule has 0 aromatic heterocycles. The Morgan fingerprint density at radius 1 is 0.593 bits per heavy atom. The Hall–Kier alpha value is -3.40. The molecule has 2 rings (SSSR count). The van der Waals surface area contributed by atoms with E-state index in [1.807, 2.05) is 0 Å². The molecule has 4 nitrogen and oxygen atoms in total. The van der Waals surface area contributed by atoms with E-state index in [1.54, 1.807) is 0 Å². The summed E-state index contributed by atoms with van der Waals surface area (Å²) >= 11 is 0. The predicted octanol–water partition coefficient (Wildman–Crippen LogP) is 4.82. The van der Waals surface area contributed by atoms with Crippen LogP contribution < -0.4 is 9.47 Å². The minimum atomic E-state index is -5.75. The first-order chi connectivity index (χ1) is 12.6. The van der Waals surface area contributed by atoms with Crippen molar-refractivity contribution in [3.63, 3.8) is 0 Å². The molecule has 0 unspecified atom stereocenters. The highest BCUT2D eigenvalue weighted by atomic mass is 19.4. The first-order valence-corrected chi connectivity index (χ1v) is 7.04. The number of halogens is 6. The molecule has 27 heavy (non-hydrogen) atoms. The third-order valence-electron chi connectivity index (χ3n) is 3.75. The van der Waals surface area contributed by atoms with Gasteiger partial charge in [-0.15, -0.1) is 10.5 Å². The Kier molecular flexibility index (Phi) is 5.22. The topological polar surface area (TPSA) is 66.0 Å². The van der Waals surface area contributed by atoms with Crippen LogP contribution in [0, 0.1) is 23.0 Å². The lowest BCUT2D eigenvalue weighted by Crippen LogP contribution is -2.54. The molecule has 0 radical (unpaired) electrons. The molecule has 0 heterocycles. The van der Waals surface area contributed by atoms with Crippen LogP contribution in [-0.2, 0) is 5.41 Å².